The van der Waals surface area contributed by atoms with Crippen LogP contribution in [0.25, 0.3) is 0 Å². The van der Waals surface area contributed by atoms with E-state index in [4.69, 9.17) is 5.73 Å². The topological polar surface area (TPSA) is 55.1 Å². The van der Waals surface area contributed by atoms with Gasteiger partial charge in [-0.1, -0.05) is 26.2 Å². The average Bonchev–Trinajstić information content (AvgIpc) is 2.65. The van der Waals surface area contributed by atoms with Crippen molar-refractivity contribution in [1.82, 2.24) is 5.32 Å². The van der Waals surface area contributed by atoms with E-state index in [-0.39, 0.29) is 17.9 Å². The quantitative estimate of drug-likeness (QED) is 0.682. The first-order valence-electron chi connectivity index (χ1n) is 6.69. The highest BCUT2D eigenvalue weighted by atomic mass is 16.1. The van der Waals surface area contributed by atoms with Crippen LogP contribution >= 0.6 is 0 Å². The molecule has 0 radical (unpaired) electrons. The average molecular weight is 226 g/mol. The number of carbonyl (C=O) groups excluding carboxylic acids is 1. The summed E-state index contributed by atoms with van der Waals surface area (Å²) in [5, 5.41) is 3.11. The predicted molar refractivity (Wildman–Crippen MR) is 67.1 cm³/mol. The number of amides is 1. The smallest absolute Gasteiger partial charge is 0.223 e. The normalized spacial score (nSPS) is 26.7. The van der Waals surface area contributed by atoms with Crippen LogP contribution in [0.15, 0.2) is 0 Å². The molecule has 1 fully saturated rings. The maximum Gasteiger partial charge on any atom is 0.223 e. The third-order valence-corrected chi connectivity index (χ3v) is 3.47. The van der Waals surface area contributed by atoms with Gasteiger partial charge >= 0.3 is 0 Å². The van der Waals surface area contributed by atoms with E-state index in [2.05, 4.69) is 19.2 Å². The number of rotatable bonds is 6. The van der Waals surface area contributed by atoms with Gasteiger partial charge in [-0.05, 0) is 32.6 Å². The molecular weight excluding hydrogens is 200 g/mol. The number of hydrogen-bond acceptors (Lipinski definition) is 2. The summed E-state index contributed by atoms with van der Waals surface area (Å²) in [7, 11) is 0. The summed E-state index contributed by atoms with van der Waals surface area (Å²) in [5.74, 6) is 0.389. The van der Waals surface area contributed by atoms with Crippen LogP contribution in [0.3, 0.4) is 0 Å². The Kier molecular flexibility index (Phi) is 5.81. The molecule has 0 aromatic heterocycles. The van der Waals surface area contributed by atoms with Gasteiger partial charge in [-0.25, -0.2) is 0 Å². The van der Waals surface area contributed by atoms with Crippen molar-refractivity contribution >= 4 is 5.91 Å². The predicted octanol–water partition coefficient (Wildman–Crippen LogP) is 2.20. The summed E-state index contributed by atoms with van der Waals surface area (Å²) >= 11 is 0. The van der Waals surface area contributed by atoms with Gasteiger partial charge in [0.15, 0.2) is 0 Å². The molecule has 0 aromatic rings. The van der Waals surface area contributed by atoms with Gasteiger partial charge in [-0.15, -0.1) is 0 Å². The van der Waals surface area contributed by atoms with Gasteiger partial charge in [0.05, 0.1) is 0 Å². The molecule has 3 N–H and O–H groups in total. The van der Waals surface area contributed by atoms with Crippen LogP contribution in [0.4, 0.5) is 0 Å². The summed E-state index contributed by atoms with van der Waals surface area (Å²) in [6.45, 7) is 4.30. The van der Waals surface area contributed by atoms with E-state index < -0.39 is 0 Å². The van der Waals surface area contributed by atoms with E-state index in [1.54, 1.807) is 0 Å². The summed E-state index contributed by atoms with van der Waals surface area (Å²) in [6.07, 6.45) is 7.64. The number of nitrogens with one attached hydrogen (secondary N) is 1. The molecule has 0 saturated heterocycles. The molecule has 0 bridgehead atoms. The van der Waals surface area contributed by atoms with E-state index in [1.807, 2.05) is 0 Å². The van der Waals surface area contributed by atoms with Crippen molar-refractivity contribution in [1.29, 1.82) is 0 Å². The van der Waals surface area contributed by atoms with Crippen LogP contribution in [0.5, 0.6) is 0 Å². The summed E-state index contributed by atoms with van der Waals surface area (Å²) in [4.78, 5) is 11.9. The summed E-state index contributed by atoms with van der Waals surface area (Å²) < 4.78 is 0. The van der Waals surface area contributed by atoms with E-state index in [0.717, 1.165) is 25.7 Å². The Morgan fingerprint density at radius 2 is 2.19 bits per heavy atom. The highest BCUT2D eigenvalue weighted by Crippen LogP contribution is 2.24. The van der Waals surface area contributed by atoms with Gasteiger partial charge in [0.25, 0.3) is 0 Å². The molecule has 3 unspecified atom stereocenters. The maximum atomic E-state index is 11.9. The highest BCUT2D eigenvalue weighted by Gasteiger charge is 2.28. The molecule has 0 aliphatic heterocycles. The first-order valence-corrected chi connectivity index (χ1v) is 6.69. The minimum atomic E-state index is 0.170. The fourth-order valence-electron chi connectivity index (χ4n) is 2.39. The monoisotopic (exact) mass is 226 g/mol. The second-order valence-corrected chi connectivity index (χ2v) is 5.18. The minimum absolute atomic E-state index is 0.170. The highest BCUT2D eigenvalue weighted by molar-refractivity contribution is 5.79. The van der Waals surface area contributed by atoms with Crippen LogP contribution in [0.1, 0.15) is 58.8 Å². The van der Waals surface area contributed by atoms with Gasteiger partial charge in [-0.3, -0.25) is 4.79 Å². The molecule has 94 valence electrons. The Hall–Kier alpha value is -0.570. The zero-order chi connectivity index (χ0) is 12.0. The molecule has 0 aromatic carbocycles. The minimum Gasteiger partial charge on any atom is -0.353 e. The Morgan fingerprint density at radius 3 is 2.75 bits per heavy atom. The van der Waals surface area contributed by atoms with Crippen LogP contribution in [-0.2, 0) is 4.79 Å². The van der Waals surface area contributed by atoms with Gasteiger partial charge in [0, 0.05) is 18.0 Å². The van der Waals surface area contributed by atoms with Crippen LogP contribution in [0, 0.1) is 5.92 Å². The van der Waals surface area contributed by atoms with Gasteiger partial charge in [0.1, 0.15) is 0 Å². The second kappa shape index (κ2) is 6.89. The number of unbranched alkanes of at least 4 members (excludes halogenated alkanes) is 2. The van der Waals surface area contributed by atoms with Crippen molar-refractivity contribution in [3.63, 3.8) is 0 Å². The number of nitrogens with two attached hydrogens (primary N) is 1. The van der Waals surface area contributed by atoms with Crippen molar-refractivity contribution in [2.24, 2.45) is 11.7 Å². The summed E-state index contributed by atoms with van der Waals surface area (Å²) in [6, 6.07) is 0.557. The zero-order valence-electron chi connectivity index (χ0n) is 10.7. The lowest BCUT2D eigenvalue weighted by atomic mass is 10.1. The number of hydrogen-bond donors (Lipinski definition) is 2. The first-order chi connectivity index (χ1) is 7.63. The zero-order valence-corrected chi connectivity index (χ0v) is 10.7. The molecule has 0 spiro atoms. The maximum absolute atomic E-state index is 11.9. The molecule has 1 aliphatic carbocycles. The van der Waals surface area contributed by atoms with Crippen LogP contribution in [0.2, 0.25) is 0 Å². The molecular formula is C13H26N2O. The van der Waals surface area contributed by atoms with Crippen molar-refractivity contribution < 1.29 is 4.79 Å². The Bertz CT molecular complexity index is 218. The molecule has 3 heteroatoms. The third kappa shape index (κ3) is 4.52. The Balaban J connectivity index is 2.17. The molecule has 1 saturated carbocycles. The fraction of sp³-hybridized carbons (Fsp3) is 0.923. The Labute approximate surface area is 99.2 Å². The molecule has 0 heterocycles. The van der Waals surface area contributed by atoms with E-state index in [1.165, 1.54) is 19.3 Å². The molecule has 3 nitrogen and oxygen atoms in total. The van der Waals surface area contributed by atoms with Gasteiger partial charge in [0.2, 0.25) is 5.91 Å². The van der Waals surface area contributed by atoms with Crippen molar-refractivity contribution in [3.8, 4) is 0 Å². The second-order valence-electron chi connectivity index (χ2n) is 5.18. The van der Waals surface area contributed by atoms with E-state index in [0.29, 0.717) is 6.04 Å². The summed E-state index contributed by atoms with van der Waals surface area (Å²) in [5.41, 5.74) is 5.81. The van der Waals surface area contributed by atoms with Gasteiger partial charge in [-0.2, -0.15) is 0 Å². The van der Waals surface area contributed by atoms with E-state index >= 15 is 0 Å². The fourth-order valence-corrected chi connectivity index (χ4v) is 2.39. The first kappa shape index (κ1) is 13.5. The number of carbonyl (C=O) groups is 1. The lowest BCUT2D eigenvalue weighted by Gasteiger charge is -2.16. The standard InChI is InChI=1S/C13H26N2O/c1-3-4-5-6-10(2)15-13(16)11-7-8-12(14)9-11/h10-12H,3-9,14H2,1-2H3,(H,15,16). The van der Waals surface area contributed by atoms with Crippen LogP contribution < -0.4 is 11.1 Å². The lowest BCUT2D eigenvalue weighted by Crippen LogP contribution is -2.36. The van der Waals surface area contributed by atoms with Crippen molar-refractivity contribution in [3.05, 3.63) is 0 Å². The molecule has 3 atom stereocenters. The SMILES string of the molecule is CCCCCC(C)NC(=O)C1CCC(N)C1. The van der Waals surface area contributed by atoms with E-state index in [9.17, 15) is 4.79 Å². The largest absolute Gasteiger partial charge is 0.353 e. The van der Waals surface area contributed by atoms with Crippen LogP contribution in [-0.4, -0.2) is 18.0 Å². The van der Waals surface area contributed by atoms with Crippen molar-refractivity contribution in [2.45, 2.75) is 70.9 Å². The lowest BCUT2D eigenvalue weighted by molar-refractivity contribution is -0.125. The van der Waals surface area contributed by atoms with Gasteiger partial charge < -0.3 is 11.1 Å². The molecule has 16 heavy (non-hydrogen) atoms. The third-order valence-electron chi connectivity index (χ3n) is 3.47. The Morgan fingerprint density at radius 1 is 1.44 bits per heavy atom. The van der Waals surface area contributed by atoms with Crippen molar-refractivity contribution in [2.75, 3.05) is 0 Å². The molecule has 1 rings (SSSR count). The molecule has 1 amide bonds. The molecule has 1 aliphatic rings.